The molecule has 172 valence electrons. The van der Waals surface area contributed by atoms with Gasteiger partial charge < -0.3 is 15.0 Å². The van der Waals surface area contributed by atoms with E-state index in [1.165, 1.54) is 4.90 Å². The number of hydrogen-bond donors (Lipinski definition) is 1. The quantitative estimate of drug-likeness (QED) is 0.335. The van der Waals surface area contributed by atoms with Crippen LogP contribution in [0.5, 0.6) is 0 Å². The summed E-state index contributed by atoms with van der Waals surface area (Å²) < 4.78 is 46.1. The fraction of sp³-hybridized carbons (Fsp3) is 0.545. The first-order chi connectivity index (χ1) is 15.3. The van der Waals surface area contributed by atoms with E-state index in [4.69, 9.17) is 10.00 Å². The molecule has 1 saturated carbocycles. The van der Waals surface area contributed by atoms with Gasteiger partial charge in [-0.1, -0.05) is 12.8 Å². The zero-order valence-corrected chi connectivity index (χ0v) is 17.4. The lowest BCUT2D eigenvalue weighted by atomic mass is 10.1. The maximum Gasteiger partial charge on any atom is 0.328 e. The van der Waals surface area contributed by atoms with Crippen LogP contribution in [0.15, 0.2) is 12.1 Å². The molecular formula is C22H24F3N3O4. The molecule has 2 fully saturated rings. The SMILES string of the molecule is N#CCCOC(=O)[C@H](CC1CC1)NC(=O)C[C@@H]1CCC(=O)N1Cc1cc(F)cc(F)c1F. The van der Waals surface area contributed by atoms with Crippen molar-refractivity contribution in [2.75, 3.05) is 6.61 Å². The van der Waals surface area contributed by atoms with Gasteiger partial charge in [0, 0.05) is 37.1 Å². The molecule has 0 unspecified atom stereocenters. The third kappa shape index (κ3) is 6.22. The van der Waals surface area contributed by atoms with E-state index in [2.05, 4.69) is 5.32 Å². The summed E-state index contributed by atoms with van der Waals surface area (Å²) in [6.45, 7) is -0.425. The van der Waals surface area contributed by atoms with Crippen LogP contribution in [0.1, 0.15) is 50.5 Å². The van der Waals surface area contributed by atoms with Gasteiger partial charge in [-0.05, 0) is 24.8 Å². The van der Waals surface area contributed by atoms with Crippen molar-refractivity contribution in [2.45, 2.75) is 63.6 Å². The molecular weight excluding hydrogens is 427 g/mol. The lowest BCUT2D eigenvalue weighted by molar-refractivity contribution is -0.148. The molecule has 3 rings (SSSR count). The molecule has 0 bridgehead atoms. The molecule has 0 spiro atoms. The zero-order chi connectivity index (χ0) is 23.3. The zero-order valence-electron chi connectivity index (χ0n) is 17.4. The summed E-state index contributed by atoms with van der Waals surface area (Å²) in [6, 6.07) is 1.67. The highest BCUT2D eigenvalue weighted by atomic mass is 19.2. The van der Waals surface area contributed by atoms with E-state index >= 15 is 0 Å². The van der Waals surface area contributed by atoms with Crippen LogP contribution in [0.3, 0.4) is 0 Å². The third-order valence-corrected chi connectivity index (χ3v) is 5.63. The smallest absolute Gasteiger partial charge is 0.328 e. The second-order valence-corrected chi connectivity index (χ2v) is 8.15. The Balaban J connectivity index is 1.62. The lowest BCUT2D eigenvalue weighted by Crippen LogP contribution is -2.45. The summed E-state index contributed by atoms with van der Waals surface area (Å²) in [4.78, 5) is 38.4. The number of nitrogens with one attached hydrogen (secondary N) is 1. The number of carbonyl (C=O) groups is 3. The highest BCUT2D eigenvalue weighted by Gasteiger charge is 2.35. The van der Waals surface area contributed by atoms with Gasteiger partial charge in [0.05, 0.1) is 12.5 Å². The van der Waals surface area contributed by atoms with Crippen molar-refractivity contribution in [1.29, 1.82) is 5.26 Å². The number of nitrogens with zero attached hydrogens (tertiary/aromatic N) is 2. The monoisotopic (exact) mass is 451 g/mol. The predicted octanol–water partition coefficient (Wildman–Crippen LogP) is 2.73. The van der Waals surface area contributed by atoms with Crippen molar-refractivity contribution >= 4 is 17.8 Å². The summed E-state index contributed by atoms with van der Waals surface area (Å²) in [5, 5.41) is 11.2. The number of rotatable bonds is 10. The van der Waals surface area contributed by atoms with Crippen LogP contribution in [0.2, 0.25) is 0 Å². The molecule has 1 aliphatic heterocycles. The Bertz CT molecular complexity index is 930. The largest absolute Gasteiger partial charge is 0.463 e. The molecule has 1 aromatic carbocycles. The van der Waals surface area contributed by atoms with E-state index in [0.29, 0.717) is 24.8 Å². The van der Waals surface area contributed by atoms with E-state index in [1.807, 2.05) is 6.07 Å². The molecule has 32 heavy (non-hydrogen) atoms. The molecule has 1 aliphatic carbocycles. The molecule has 1 aromatic rings. The minimum absolute atomic E-state index is 0.0478. The van der Waals surface area contributed by atoms with E-state index in [1.54, 1.807) is 0 Å². The number of hydrogen-bond acceptors (Lipinski definition) is 5. The van der Waals surface area contributed by atoms with E-state index < -0.39 is 41.4 Å². The number of likely N-dealkylation sites (tertiary alicyclic amines) is 1. The van der Waals surface area contributed by atoms with Gasteiger partial charge in [-0.2, -0.15) is 5.26 Å². The number of halogens is 3. The third-order valence-electron chi connectivity index (χ3n) is 5.63. The van der Waals surface area contributed by atoms with Gasteiger partial charge in [0.1, 0.15) is 18.5 Å². The van der Waals surface area contributed by atoms with Gasteiger partial charge in [-0.25, -0.2) is 18.0 Å². The minimum Gasteiger partial charge on any atom is -0.463 e. The Morgan fingerprint density at radius 3 is 2.69 bits per heavy atom. The number of amides is 2. The summed E-state index contributed by atoms with van der Waals surface area (Å²) in [6.07, 6.45) is 2.70. The minimum atomic E-state index is -1.35. The van der Waals surface area contributed by atoms with Crippen molar-refractivity contribution in [3.63, 3.8) is 0 Å². The predicted molar refractivity (Wildman–Crippen MR) is 105 cm³/mol. The van der Waals surface area contributed by atoms with Crippen LogP contribution in [-0.2, 0) is 25.7 Å². The van der Waals surface area contributed by atoms with E-state index in [0.717, 1.165) is 18.9 Å². The lowest BCUT2D eigenvalue weighted by Gasteiger charge is -2.26. The molecule has 7 nitrogen and oxygen atoms in total. The topological polar surface area (TPSA) is 99.5 Å². The molecule has 1 saturated heterocycles. The van der Waals surface area contributed by atoms with Crippen LogP contribution >= 0.6 is 0 Å². The van der Waals surface area contributed by atoms with Crippen LogP contribution in [0.25, 0.3) is 0 Å². The van der Waals surface area contributed by atoms with Crippen LogP contribution in [0, 0.1) is 34.7 Å². The second-order valence-electron chi connectivity index (χ2n) is 8.15. The maximum atomic E-state index is 14.0. The van der Waals surface area contributed by atoms with Gasteiger partial charge in [-0.15, -0.1) is 0 Å². The van der Waals surface area contributed by atoms with Gasteiger partial charge in [0.15, 0.2) is 11.6 Å². The summed E-state index contributed by atoms with van der Waals surface area (Å²) >= 11 is 0. The molecule has 2 amide bonds. The maximum absolute atomic E-state index is 14.0. The van der Waals surface area contributed by atoms with Crippen LogP contribution < -0.4 is 5.32 Å². The summed E-state index contributed by atoms with van der Waals surface area (Å²) in [7, 11) is 0. The first kappa shape index (κ1) is 23.6. The highest BCUT2D eigenvalue weighted by molar-refractivity contribution is 5.86. The molecule has 1 heterocycles. The highest BCUT2D eigenvalue weighted by Crippen LogP contribution is 2.34. The standard InChI is InChI=1S/C22H24F3N3O4/c23-15-9-14(21(25)17(24)10-15)12-28-16(4-5-20(28)30)11-19(29)27-18(8-13-2-3-13)22(31)32-7-1-6-26/h9-10,13,16,18H,1-5,7-8,11-12H2,(H,27,29)/t16-,18-/m0/s1. The first-order valence-corrected chi connectivity index (χ1v) is 10.5. The van der Waals surface area contributed by atoms with Crippen molar-refractivity contribution in [3.8, 4) is 6.07 Å². The Kier molecular flexibility index (Phi) is 7.72. The number of nitriles is 1. The summed E-state index contributed by atoms with van der Waals surface area (Å²) in [5.74, 6) is -4.67. The van der Waals surface area contributed by atoms with Gasteiger partial charge >= 0.3 is 5.97 Å². The van der Waals surface area contributed by atoms with Crippen molar-refractivity contribution in [2.24, 2.45) is 5.92 Å². The average molecular weight is 451 g/mol. The molecule has 2 atom stereocenters. The fourth-order valence-corrected chi connectivity index (χ4v) is 3.80. The fourth-order valence-electron chi connectivity index (χ4n) is 3.80. The second kappa shape index (κ2) is 10.5. The first-order valence-electron chi connectivity index (χ1n) is 10.5. The van der Waals surface area contributed by atoms with Crippen molar-refractivity contribution < 1.29 is 32.3 Å². The number of carbonyl (C=O) groups excluding carboxylic acids is 3. The Hall–Kier alpha value is -3.09. The van der Waals surface area contributed by atoms with Crippen LogP contribution in [0.4, 0.5) is 13.2 Å². The summed E-state index contributed by atoms with van der Waals surface area (Å²) in [5.41, 5.74) is -0.309. The van der Waals surface area contributed by atoms with Crippen molar-refractivity contribution in [3.05, 3.63) is 35.1 Å². The van der Waals surface area contributed by atoms with E-state index in [9.17, 15) is 27.6 Å². The van der Waals surface area contributed by atoms with Gasteiger partial charge in [-0.3, -0.25) is 9.59 Å². The average Bonchev–Trinajstić information content (AvgIpc) is 3.50. The number of ether oxygens (including phenoxy) is 1. The molecule has 2 aliphatic rings. The van der Waals surface area contributed by atoms with Gasteiger partial charge in [0.2, 0.25) is 11.8 Å². The Morgan fingerprint density at radius 2 is 2.00 bits per heavy atom. The molecule has 10 heteroatoms. The Labute approximate surface area is 183 Å². The number of esters is 1. The van der Waals surface area contributed by atoms with E-state index in [-0.39, 0.29) is 43.9 Å². The van der Waals surface area contributed by atoms with Crippen LogP contribution in [-0.4, -0.2) is 41.4 Å². The normalized spacial score (nSPS) is 18.9. The Morgan fingerprint density at radius 1 is 1.25 bits per heavy atom. The number of benzene rings is 1. The van der Waals surface area contributed by atoms with Gasteiger partial charge in [0.25, 0.3) is 0 Å². The molecule has 0 aromatic heterocycles. The van der Waals surface area contributed by atoms with Crippen molar-refractivity contribution in [1.82, 2.24) is 10.2 Å². The molecule has 0 radical (unpaired) electrons. The molecule has 1 N–H and O–H groups in total.